The van der Waals surface area contributed by atoms with E-state index in [9.17, 15) is 35.9 Å². The number of H-pyrrole nitrogens is 1. The second-order valence-electron chi connectivity index (χ2n) is 10.1. The van der Waals surface area contributed by atoms with Crippen LogP contribution in [0, 0.1) is 3.57 Å². The first-order valence-electron chi connectivity index (χ1n) is 12.2. The molecule has 6 rings (SSSR count). The summed E-state index contributed by atoms with van der Waals surface area (Å²) in [4.78, 5) is 52.8. The van der Waals surface area contributed by atoms with Crippen LogP contribution in [0.2, 0.25) is 0 Å². The molecule has 2 aliphatic carbocycles. The van der Waals surface area contributed by atoms with Gasteiger partial charge in [0.05, 0.1) is 28.4 Å². The van der Waals surface area contributed by atoms with Gasteiger partial charge in [-0.15, -0.1) is 0 Å². The first kappa shape index (κ1) is 29.8. The second-order valence-corrected chi connectivity index (χ2v) is 11.2. The highest BCUT2D eigenvalue weighted by molar-refractivity contribution is 14.1. The number of rotatable bonds is 4. The van der Waals surface area contributed by atoms with Crippen LogP contribution in [0.1, 0.15) is 37.7 Å². The maximum atomic E-state index is 13.3. The molecule has 0 radical (unpaired) electrons. The van der Waals surface area contributed by atoms with Gasteiger partial charge in [0.15, 0.2) is 0 Å². The number of anilines is 1. The summed E-state index contributed by atoms with van der Waals surface area (Å²) in [7, 11) is 0. The standard InChI is InChI=1S/C22H18F3IN6O3.C2HF3O2/c23-22(24,25)12-5-13(7-27-6-12)31-9-15(33)32(19(31)34)20-1-3-21(10-20,4-2-20)35-18-16-14(26)8-28-17(16)29-11-30-18;3-2(4,5)1(6)7/h5-8,11H,1-4,9-10H2,(H,28,29,30);(H,6,7). The van der Waals surface area contributed by atoms with Crippen molar-refractivity contribution < 1.29 is 50.6 Å². The zero-order chi connectivity index (χ0) is 30.7. The number of carbonyl (C=O) groups is 3. The number of carbonyl (C=O) groups excluding carboxylic acids is 2. The van der Waals surface area contributed by atoms with E-state index in [0.29, 0.717) is 49.8 Å². The zero-order valence-electron chi connectivity index (χ0n) is 21.1. The lowest BCUT2D eigenvalue weighted by Crippen LogP contribution is -2.49. The van der Waals surface area contributed by atoms with E-state index in [2.05, 4.69) is 42.5 Å². The van der Waals surface area contributed by atoms with Gasteiger partial charge in [-0.1, -0.05) is 0 Å². The molecule has 4 heterocycles. The number of nitrogens with zero attached hydrogens (tertiary/aromatic N) is 5. The van der Waals surface area contributed by atoms with Crippen molar-refractivity contribution in [3.8, 4) is 5.88 Å². The summed E-state index contributed by atoms with van der Waals surface area (Å²) in [5.74, 6) is -2.74. The molecule has 0 unspecified atom stereocenters. The number of alkyl halides is 6. The number of carboxylic acids is 1. The summed E-state index contributed by atoms with van der Waals surface area (Å²) in [5.41, 5.74) is -1.70. The molecule has 42 heavy (non-hydrogen) atoms. The number of aliphatic carboxylic acids is 1. The van der Waals surface area contributed by atoms with E-state index in [1.54, 1.807) is 0 Å². The lowest BCUT2D eigenvalue weighted by atomic mass is 9.91. The Bertz CT molecular complexity index is 1570. The van der Waals surface area contributed by atoms with Crippen molar-refractivity contribution in [2.45, 2.75) is 55.6 Å². The van der Waals surface area contributed by atoms with Crippen molar-refractivity contribution in [3.63, 3.8) is 0 Å². The third-order valence-electron chi connectivity index (χ3n) is 7.49. The molecule has 11 nitrogen and oxygen atoms in total. The number of fused-ring (bicyclic) bond motifs is 3. The molecule has 2 bridgehead atoms. The summed E-state index contributed by atoms with van der Waals surface area (Å²) in [6.45, 7) is -0.328. The molecule has 2 saturated carbocycles. The summed E-state index contributed by atoms with van der Waals surface area (Å²) in [6.07, 6.45) is -1.79. The Morgan fingerprint density at radius 3 is 2.36 bits per heavy atom. The van der Waals surface area contributed by atoms with Crippen LogP contribution in [-0.4, -0.2) is 71.7 Å². The molecule has 3 amide bonds. The number of hydrogen-bond acceptors (Lipinski definition) is 7. The minimum absolute atomic E-state index is 0.0546. The fourth-order valence-corrected chi connectivity index (χ4v) is 6.29. The van der Waals surface area contributed by atoms with Crippen molar-refractivity contribution in [2.24, 2.45) is 0 Å². The third kappa shape index (κ3) is 5.31. The lowest BCUT2D eigenvalue weighted by Gasteiger charge is -2.34. The average Bonchev–Trinajstić information content (AvgIpc) is 3.65. The Balaban J connectivity index is 0.000000451. The number of ether oxygens (including phenoxy) is 1. The second kappa shape index (κ2) is 10.2. The van der Waals surface area contributed by atoms with Crippen LogP contribution < -0.4 is 9.64 Å². The molecule has 3 aromatic heterocycles. The SMILES string of the molecule is O=C(O)C(F)(F)F.O=C1CN(c2cncc(C(F)(F)F)c2)C(=O)N1C12CCC(Oc3ncnc4[nH]cc(I)c34)(CC1)C2. The molecule has 1 saturated heterocycles. The number of amides is 3. The topological polar surface area (TPSA) is 142 Å². The molecular formula is C24H19F6IN6O5. The van der Waals surface area contributed by atoms with Gasteiger partial charge < -0.3 is 14.8 Å². The number of halogens is 7. The molecule has 3 fully saturated rings. The van der Waals surface area contributed by atoms with Crippen LogP contribution in [-0.2, 0) is 15.8 Å². The number of aromatic nitrogens is 4. The molecule has 3 aromatic rings. The number of aromatic amines is 1. The maximum absolute atomic E-state index is 13.3. The molecule has 0 spiro atoms. The minimum atomic E-state index is -5.08. The summed E-state index contributed by atoms with van der Waals surface area (Å²) in [6, 6.07) is 0.216. The number of urea groups is 1. The highest BCUT2D eigenvalue weighted by Crippen LogP contribution is 2.56. The summed E-state index contributed by atoms with van der Waals surface area (Å²) < 4.78 is 78.6. The van der Waals surface area contributed by atoms with Crippen molar-refractivity contribution in [1.29, 1.82) is 0 Å². The van der Waals surface area contributed by atoms with E-state index in [-0.39, 0.29) is 12.2 Å². The Hall–Kier alpha value is -3.71. The lowest BCUT2D eigenvalue weighted by molar-refractivity contribution is -0.192. The summed E-state index contributed by atoms with van der Waals surface area (Å²) >= 11 is 2.18. The molecule has 224 valence electrons. The zero-order valence-corrected chi connectivity index (χ0v) is 23.2. The number of imide groups is 1. The van der Waals surface area contributed by atoms with Gasteiger partial charge in [0, 0.05) is 22.4 Å². The third-order valence-corrected chi connectivity index (χ3v) is 8.34. The molecule has 0 atom stereocenters. The van der Waals surface area contributed by atoms with E-state index >= 15 is 0 Å². The van der Waals surface area contributed by atoms with Gasteiger partial charge in [-0.2, -0.15) is 26.3 Å². The monoisotopic (exact) mass is 712 g/mol. The van der Waals surface area contributed by atoms with Crippen molar-refractivity contribution in [2.75, 3.05) is 11.4 Å². The molecule has 1 aliphatic heterocycles. The quantitative estimate of drug-likeness (QED) is 0.221. The van der Waals surface area contributed by atoms with Crippen LogP contribution in [0.4, 0.5) is 36.8 Å². The van der Waals surface area contributed by atoms with Gasteiger partial charge in [0.1, 0.15) is 24.1 Å². The van der Waals surface area contributed by atoms with E-state index in [4.69, 9.17) is 14.6 Å². The molecular weight excluding hydrogens is 693 g/mol. The van der Waals surface area contributed by atoms with Gasteiger partial charge >= 0.3 is 24.4 Å². The fourth-order valence-electron chi connectivity index (χ4n) is 5.65. The summed E-state index contributed by atoms with van der Waals surface area (Å²) in [5, 5.41) is 7.91. The Morgan fingerprint density at radius 2 is 1.74 bits per heavy atom. The molecule has 3 aliphatic rings. The first-order valence-corrected chi connectivity index (χ1v) is 13.3. The number of nitrogens with one attached hydrogen (secondary N) is 1. The first-order chi connectivity index (χ1) is 19.6. The Morgan fingerprint density at radius 1 is 1.07 bits per heavy atom. The Kier molecular flexibility index (Phi) is 7.25. The highest BCUT2D eigenvalue weighted by atomic mass is 127. The largest absolute Gasteiger partial charge is 0.490 e. The molecule has 0 aromatic carbocycles. The van der Waals surface area contributed by atoms with Gasteiger partial charge in [-0.3, -0.25) is 19.6 Å². The predicted molar refractivity (Wildman–Crippen MR) is 138 cm³/mol. The van der Waals surface area contributed by atoms with Crippen molar-refractivity contribution in [3.05, 3.63) is 40.1 Å². The highest BCUT2D eigenvalue weighted by Gasteiger charge is 2.63. The normalized spacial score (nSPS) is 23.9. The van der Waals surface area contributed by atoms with Crippen LogP contribution in [0.3, 0.4) is 0 Å². The van der Waals surface area contributed by atoms with E-state index < -0.39 is 47.0 Å². The number of pyridine rings is 1. The van der Waals surface area contributed by atoms with Gasteiger partial charge in [-0.25, -0.2) is 19.6 Å². The van der Waals surface area contributed by atoms with Gasteiger partial charge in [0.25, 0.3) is 5.91 Å². The number of hydrogen-bond donors (Lipinski definition) is 2. The fraction of sp³-hybridized carbons (Fsp3) is 0.417. The number of carboxylic acid groups (broad SMARTS) is 1. The average molecular weight is 712 g/mol. The van der Waals surface area contributed by atoms with E-state index in [0.717, 1.165) is 26.1 Å². The van der Waals surface area contributed by atoms with E-state index in [1.807, 2.05) is 6.20 Å². The van der Waals surface area contributed by atoms with Crippen LogP contribution in [0.15, 0.2) is 31.0 Å². The van der Waals surface area contributed by atoms with Crippen LogP contribution in [0.25, 0.3) is 11.0 Å². The Labute approximate surface area is 245 Å². The predicted octanol–water partition coefficient (Wildman–Crippen LogP) is 4.91. The van der Waals surface area contributed by atoms with Crippen LogP contribution >= 0.6 is 22.6 Å². The van der Waals surface area contributed by atoms with Crippen molar-refractivity contribution in [1.82, 2.24) is 24.8 Å². The maximum Gasteiger partial charge on any atom is 0.490 e. The smallest absolute Gasteiger partial charge is 0.475 e. The molecule has 18 heteroatoms. The molecule has 2 N–H and O–H groups in total. The van der Waals surface area contributed by atoms with Crippen LogP contribution in [0.5, 0.6) is 5.88 Å². The van der Waals surface area contributed by atoms with Gasteiger partial charge in [0.2, 0.25) is 5.88 Å². The van der Waals surface area contributed by atoms with E-state index in [1.165, 1.54) is 11.2 Å². The van der Waals surface area contributed by atoms with Gasteiger partial charge in [-0.05, 0) is 54.3 Å². The minimum Gasteiger partial charge on any atom is -0.475 e. The van der Waals surface area contributed by atoms with Crippen molar-refractivity contribution >= 4 is 57.2 Å².